The summed E-state index contributed by atoms with van der Waals surface area (Å²) in [5, 5.41) is 8.52. The molecule has 0 atom stereocenters. The fourth-order valence-electron chi connectivity index (χ4n) is 0. The third-order valence-corrected chi connectivity index (χ3v) is 0. The van der Waals surface area contributed by atoms with Crippen LogP contribution in [-0.2, 0) is 0 Å². The largest absolute Gasteiger partial charge is 1.00 e. The normalized spacial score (nSPS) is 10.0. The van der Waals surface area contributed by atoms with Crippen molar-refractivity contribution < 1.29 is 37.5 Å². The van der Waals surface area contributed by atoms with Crippen molar-refractivity contribution in [1.82, 2.24) is 0 Å². The molecule has 0 bridgehead atoms. The smallest absolute Gasteiger partial charge is 1.00 e. The topological polar surface area (TPSA) is 20.2 Å². The molecule has 0 saturated carbocycles. The molecule has 0 saturated heterocycles. The standard InChI is InChI=1S/C4H10O.Na.H2.H/c1-4(2,3)5;;;/h5H,1-3H3;;1H;/q;+1;;-1. The number of hydrogen-bond donors (Lipinski definition) is 1. The van der Waals surface area contributed by atoms with E-state index in [4.69, 9.17) is 5.11 Å². The summed E-state index contributed by atoms with van der Waals surface area (Å²) in [4.78, 5) is 0. The van der Waals surface area contributed by atoms with Crippen LogP contribution in [0.3, 0.4) is 0 Å². The summed E-state index contributed by atoms with van der Waals surface area (Å²) in [6.45, 7) is 5.23. The zero-order valence-corrected chi connectivity index (χ0v) is 6.95. The summed E-state index contributed by atoms with van der Waals surface area (Å²) in [7, 11) is 0. The maximum Gasteiger partial charge on any atom is 1.00 e. The minimum Gasteiger partial charge on any atom is -1.00 e. The van der Waals surface area contributed by atoms with Crippen LogP contribution < -0.4 is 29.6 Å². The van der Waals surface area contributed by atoms with Gasteiger partial charge < -0.3 is 6.53 Å². The molecule has 0 aromatic carbocycles. The first-order valence-corrected chi connectivity index (χ1v) is 1.72. The molecule has 0 aliphatic rings. The molecule has 0 heterocycles. The van der Waals surface area contributed by atoms with Gasteiger partial charge in [-0.15, -0.1) is 0 Å². The average Bonchev–Trinajstić information content (AvgIpc) is 0.722. The van der Waals surface area contributed by atoms with Crippen molar-refractivity contribution in [2.24, 2.45) is 0 Å². The number of hydrogen-bond acceptors (Lipinski definition) is 1. The van der Waals surface area contributed by atoms with Crippen LogP contribution in [0.4, 0.5) is 0 Å². The monoisotopic (exact) mass is 100 g/mol. The van der Waals surface area contributed by atoms with Crippen LogP contribution >= 0.6 is 0 Å². The van der Waals surface area contributed by atoms with Crippen LogP contribution in [0.25, 0.3) is 0 Å². The molecule has 0 aromatic heterocycles. The fraction of sp³-hybridized carbons (Fsp3) is 1.00. The molecule has 0 spiro atoms. The Morgan fingerprint density at radius 1 is 1.50 bits per heavy atom. The van der Waals surface area contributed by atoms with Crippen molar-refractivity contribution in [3.63, 3.8) is 0 Å². The van der Waals surface area contributed by atoms with Crippen molar-refractivity contribution in [2.45, 2.75) is 26.4 Å². The van der Waals surface area contributed by atoms with Crippen molar-refractivity contribution >= 4 is 0 Å². The Hall–Kier alpha value is 0.960. The number of aliphatic hydroxyl groups is 1. The Morgan fingerprint density at radius 2 is 1.50 bits per heavy atom. The van der Waals surface area contributed by atoms with Gasteiger partial charge in [0.2, 0.25) is 0 Å². The van der Waals surface area contributed by atoms with E-state index in [1.807, 2.05) is 0 Å². The summed E-state index contributed by atoms with van der Waals surface area (Å²) in [5.74, 6) is 0. The zero-order chi connectivity index (χ0) is 4.50. The second-order valence-corrected chi connectivity index (χ2v) is 2.17. The van der Waals surface area contributed by atoms with Crippen LogP contribution in [0.1, 0.15) is 23.6 Å². The van der Waals surface area contributed by atoms with Crippen molar-refractivity contribution in [3.8, 4) is 0 Å². The summed E-state index contributed by atoms with van der Waals surface area (Å²) < 4.78 is 0. The summed E-state index contributed by atoms with van der Waals surface area (Å²) in [6, 6.07) is 0. The van der Waals surface area contributed by atoms with Crippen molar-refractivity contribution in [3.05, 3.63) is 0 Å². The van der Waals surface area contributed by atoms with Crippen LogP contribution in [0.15, 0.2) is 0 Å². The van der Waals surface area contributed by atoms with Crippen LogP contribution in [-0.4, -0.2) is 10.7 Å². The minimum atomic E-state index is -0.500. The summed E-state index contributed by atoms with van der Waals surface area (Å²) in [6.07, 6.45) is 0. The molecule has 1 N–H and O–H groups in total. The molecule has 0 amide bonds. The van der Waals surface area contributed by atoms with Gasteiger partial charge in [0.15, 0.2) is 0 Å². The van der Waals surface area contributed by atoms with E-state index in [0.717, 1.165) is 0 Å². The van der Waals surface area contributed by atoms with E-state index in [1.165, 1.54) is 0 Å². The molecular formula is C4H13NaO. The molecule has 0 rings (SSSR count). The van der Waals surface area contributed by atoms with Gasteiger partial charge in [0.05, 0.1) is 5.60 Å². The predicted octanol–water partition coefficient (Wildman–Crippen LogP) is -1.86. The third kappa shape index (κ3) is 84.4. The molecule has 0 aliphatic heterocycles. The van der Waals surface area contributed by atoms with E-state index in [-0.39, 0.29) is 32.4 Å². The molecule has 2 heteroatoms. The third-order valence-electron chi connectivity index (χ3n) is 0. The van der Waals surface area contributed by atoms with Gasteiger partial charge in [0.1, 0.15) is 0 Å². The Morgan fingerprint density at radius 3 is 1.50 bits per heavy atom. The van der Waals surface area contributed by atoms with Crippen LogP contribution in [0.2, 0.25) is 0 Å². The maximum atomic E-state index is 8.52. The molecule has 0 unspecified atom stereocenters. The van der Waals surface area contributed by atoms with Gasteiger partial charge in [0.25, 0.3) is 0 Å². The fourth-order valence-corrected chi connectivity index (χ4v) is 0. The first-order chi connectivity index (χ1) is 2.00. The van der Waals surface area contributed by atoms with Gasteiger partial charge in [-0.05, 0) is 20.8 Å². The average molecular weight is 100 g/mol. The molecule has 6 heavy (non-hydrogen) atoms. The van der Waals surface area contributed by atoms with Crippen molar-refractivity contribution in [1.29, 1.82) is 0 Å². The Balaban J connectivity index is -0.0000000267. The maximum absolute atomic E-state index is 8.52. The first-order valence-electron chi connectivity index (χ1n) is 1.72. The van der Waals surface area contributed by atoms with Gasteiger partial charge in [-0.1, -0.05) is 0 Å². The second-order valence-electron chi connectivity index (χ2n) is 2.17. The van der Waals surface area contributed by atoms with E-state index in [2.05, 4.69) is 0 Å². The molecule has 0 fully saturated rings. The van der Waals surface area contributed by atoms with E-state index < -0.39 is 5.60 Å². The van der Waals surface area contributed by atoms with Crippen LogP contribution in [0, 0.1) is 0 Å². The summed E-state index contributed by atoms with van der Waals surface area (Å²) >= 11 is 0. The summed E-state index contributed by atoms with van der Waals surface area (Å²) in [5.41, 5.74) is -0.500. The Labute approximate surface area is 64.0 Å². The van der Waals surface area contributed by atoms with E-state index >= 15 is 0 Å². The molecule has 0 radical (unpaired) electrons. The molecule has 1 nitrogen and oxygen atoms in total. The van der Waals surface area contributed by atoms with Gasteiger partial charge in [-0.3, -0.25) is 0 Å². The molecule has 0 aromatic rings. The Kier molecular flexibility index (Phi) is 5.07. The van der Waals surface area contributed by atoms with E-state index in [9.17, 15) is 0 Å². The first kappa shape index (κ1) is 10.0. The van der Waals surface area contributed by atoms with E-state index in [1.54, 1.807) is 20.8 Å². The molecule has 0 aliphatic carbocycles. The Bertz CT molecular complexity index is 29.5. The van der Waals surface area contributed by atoms with Crippen LogP contribution in [0.5, 0.6) is 0 Å². The molecular weight excluding hydrogens is 87.0 g/mol. The van der Waals surface area contributed by atoms with Gasteiger partial charge >= 0.3 is 29.6 Å². The van der Waals surface area contributed by atoms with Gasteiger partial charge in [0, 0.05) is 1.43 Å². The minimum absolute atomic E-state index is 0. The van der Waals surface area contributed by atoms with Gasteiger partial charge in [-0.2, -0.15) is 0 Å². The van der Waals surface area contributed by atoms with Crippen molar-refractivity contribution in [2.75, 3.05) is 0 Å². The predicted molar refractivity (Wildman–Crippen MR) is 25.2 cm³/mol. The zero-order valence-electron chi connectivity index (χ0n) is 5.95. The molecule has 36 valence electrons. The quantitative estimate of drug-likeness (QED) is 0.354. The van der Waals surface area contributed by atoms with E-state index in [0.29, 0.717) is 0 Å². The SMILES string of the molecule is CC(C)(C)O.[H-].[HH].[Na+]. The van der Waals surface area contributed by atoms with Gasteiger partial charge in [-0.25, -0.2) is 0 Å². The number of rotatable bonds is 0. The second kappa shape index (κ2) is 3.03.